The highest BCUT2D eigenvalue weighted by molar-refractivity contribution is 7.00. The first-order chi connectivity index (χ1) is 38.7. The van der Waals surface area contributed by atoms with Crippen molar-refractivity contribution in [2.24, 2.45) is 0 Å². The summed E-state index contributed by atoms with van der Waals surface area (Å²) in [4.78, 5) is 0. The number of aromatic nitrogens is 3. The molecule has 0 fully saturated rings. The number of para-hydroxylation sites is 2. The second-order valence-electron chi connectivity index (χ2n) is 24.9. The van der Waals surface area contributed by atoms with Crippen LogP contribution < -0.4 is 16.4 Å². The molecule has 3 nitrogen and oxygen atoms in total. The van der Waals surface area contributed by atoms with Gasteiger partial charge in [-0.15, -0.1) is 0 Å². The van der Waals surface area contributed by atoms with Crippen LogP contribution in [0.15, 0.2) is 188 Å². The average Bonchev–Trinajstić information content (AvgIpc) is 1.92. The fraction of sp³-hybridized carbons (Fsp3) is 0.167. The van der Waals surface area contributed by atoms with Crippen LogP contribution in [0.3, 0.4) is 0 Å². The first-order valence-corrected chi connectivity index (χ1v) is 27.0. The molecule has 0 saturated heterocycles. The van der Waals surface area contributed by atoms with Gasteiger partial charge in [-0.3, -0.25) is 0 Å². The van der Waals surface area contributed by atoms with Gasteiger partial charge < -0.3 is 13.5 Å². The van der Waals surface area contributed by atoms with Crippen LogP contribution in [0.5, 0.6) is 0 Å². The van der Waals surface area contributed by atoms with Crippen molar-refractivity contribution in [1.29, 1.82) is 0 Å². The Bertz CT molecular complexity index is 5280. The first-order valence-electron chi connectivity index (χ1n) is 29.5. The summed E-state index contributed by atoms with van der Waals surface area (Å²) in [6.45, 7) is 20.2. The summed E-state index contributed by atoms with van der Waals surface area (Å²) in [6.07, 6.45) is 0. The van der Waals surface area contributed by atoms with Gasteiger partial charge >= 0.3 is 0 Å². The van der Waals surface area contributed by atoms with E-state index in [0.29, 0.717) is 5.56 Å². The van der Waals surface area contributed by atoms with E-state index in [4.69, 9.17) is 4.11 Å². The molecule has 2 aliphatic heterocycles. The number of hydrogen-bond donors (Lipinski definition) is 0. The summed E-state index contributed by atoms with van der Waals surface area (Å²) in [6, 6.07) is 58.0. The molecule has 0 N–H and O–H groups in total. The van der Waals surface area contributed by atoms with Crippen molar-refractivity contribution in [2.75, 3.05) is 0 Å². The van der Waals surface area contributed by atoms with E-state index in [-0.39, 0.29) is 52.7 Å². The Kier molecular flexibility index (Phi) is 7.59. The van der Waals surface area contributed by atoms with Crippen molar-refractivity contribution in [1.82, 2.24) is 13.5 Å². The second-order valence-corrected chi connectivity index (χ2v) is 24.9. The molecule has 0 saturated carbocycles. The van der Waals surface area contributed by atoms with Crippen LogP contribution in [0, 0.1) is 0 Å². The average molecular weight is 981 g/mol. The number of hydrogen-bond acceptors (Lipinski definition) is 0. The van der Waals surface area contributed by atoms with Gasteiger partial charge in [-0.1, -0.05) is 202 Å². The predicted molar refractivity (Wildman–Crippen MR) is 329 cm³/mol. The molecule has 76 heavy (non-hydrogen) atoms. The summed E-state index contributed by atoms with van der Waals surface area (Å²) < 4.78 is 53.3. The minimum absolute atomic E-state index is 0.110. The van der Waals surface area contributed by atoms with Crippen LogP contribution >= 0.6 is 0 Å². The molecular weight excluding hydrogens is 918 g/mol. The molecule has 364 valence electrons. The van der Waals surface area contributed by atoms with Gasteiger partial charge in [0, 0.05) is 59.8 Å². The SMILES string of the molecule is [2H]c1c([2H])c([2H])c(-c2cc3c4c(c2)c2cc(C(C)(C)C)ccc2n4-c2cc4c(c5c2B3c2cc(C(C)(C)C)cc3c6cc(C(C)(C)C)ccc6n-5c23)c2cccc3c5ccccc5c5ccccc5c5ccccc5n4c32)c([2H])c1[2H]. The molecule has 2 aliphatic rings. The molecule has 0 radical (unpaired) electrons. The highest BCUT2D eigenvalue weighted by Gasteiger charge is 2.44. The molecule has 16 rings (SSSR count). The normalized spacial score (nSPS) is 14.5. The van der Waals surface area contributed by atoms with Gasteiger partial charge in [-0.25, -0.2) is 0 Å². The minimum atomic E-state index is -0.398. The van der Waals surface area contributed by atoms with Crippen molar-refractivity contribution in [3.63, 3.8) is 0 Å². The fourth-order valence-electron chi connectivity index (χ4n) is 13.8. The van der Waals surface area contributed by atoms with Gasteiger partial charge in [0.25, 0.3) is 6.71 Å². The van der Waals surface area contributed by atoms with E-state index < -0.39 is 6.04 Å². The quantitative estimate of drug-likeness (QED) is 0.146. The Labute approximate surface area is 450 Å². The van der Waals surface area contributed by atoms with Gasteiger partial charge in [0.1, 0.15) is 0 Å². The third-order valence-electron chi connectivity index (χ3n) is 17.5. The van der Waals surface area contributed by atoms with Gasteiger partial charge in [0.05, 0.1) is 40.1 Å². The molecule has 6 heterocycles. The molecule has 0 unspecified atom stereocenters. The highest BCUT2D eigenvalue weighted by Crippen LogP contribution is 2.48. The molecule has 0 bridgehead atoms. The molecule has 14 aromatic rings. The van der Waals surface area contributed by atoms with Crippen LogP contribution in [0.2, 0.25) is 0 Å². The number of fused-ring (bicyclic) bond motifs is 21. The van der Waals surface area contributed by atoms with Gasteiger partial charge in [-0.2, -0.15) is 0 Å². The maximum atomic E-state index is 9.48. The molecule has 0 atom stereocenters. The molecule has 4 aromatic heterocycles. The van der Waals surface area contributed by atoms with Gasteiger partial charge in [0.2, 0.25) is 0 Å². The first kappa shape index (κ1) is 39.1. The molecule has 0 spiro atoms. The molecule has 10 aromatic carbocycles. The van der Waals surface area contributed by atoms with E-state index in [9.17, 15) is 2.74 Å². The molecule has 4 heteroatoms. The summed E-state index contributed by atoms with van der Waals surface area (Å²) in [5.41, 5.74) is 17.4. The topological polar surface area (TPSA) is 14.3 Å². The number of benzene rings is 10. The van der Waals surface area contributed by atoms with E-state index in [1.165, 1.54) is 65.5 Å². The maximum absolute atomic E-state index is 9.48. The Balaban J connectivity index is 1.22. The number of rotatable bonds is 1. The zero-order valence-electron chi connectivity index (χ0n) is 49.4. The maximum Gasteiger partial charge on any atom is 0.252 e. The smallest absolute Gasteiger partial charge is 0.252 e. The zero-order valence-corrected chi connectivity index (χ0v) is 44.4. The lowest BCUT2D eigenvalue weighted by Crippen LogP contribution is -2.59. The van der Waals surface area contributed by atoms with Crippen LogP contribution in [0.25, 0.3) is 126 Å². The van der Waals surface area contributed by atoms with Gasteiger partial charge in [-0.05, 0) is 131 Å². The highest BCUT2D eigenvalue weighted by atomic mass is 15.0. The van der Waals surface area contributed by atoms with Crippen LogP contribution in [-0.4, -0.2) is 20.2 Å². The van der Waals surface area contributed by atoms with E-state index in [0.717, 1.165) is 82.3 Å². The van der Waals surface area contributed by atoms with E-state index >= 15 is 0 Å². The van der Waals surface area contributed by atoms with Crippen molar-refractivity contribution in [3.05, 3.63) is 205 Å². The van der Waals surface area contributed by atoms with Crippen molar-refractivity contribution in [3.8, 4) is 22.5 Å². The second kappa shape index (κ2) is 14.7. The number of nitrogens with zero attached hydrogens (tertiary/aromatic N) is 3. The van der Waals surface area contributed by atoms with E-state index in [2.05, 4.69) is 234 Å². The van der Waals surface area contributed by atoms with Crippen LogP contribution in [0.1, 0.15) is 85.9 Å². The summed E-state index contributed by atoms with van der Waals surface area (Å²) in [5.74, 6) is 0. The standard InChI is InChI=1S/C72H58BN3/c1-70(2,3)43-30-32-60-53(36-43)55-34-42(41-20-11-10-12-21-41)35-57-67(55)75(60)63-40-62-64(69-65(63)73(57)58-39-45(72(7,8)9)38-56-54-37-44(71(4,5)6)31-33-61(54)76(69)68(56)58)52-28-19-27-51-49-25-16-14-23-47(49)46-22-13-15-24-48(46)50-26-17-18-29-59(50)74(62)66(51)52/h10-40H,1-9H3/i10D,11D,12D,20D,21D. The summed E-state index contributed by atoms with van der Waals surface area (Å²) >= 11 is 0. The largest absolute Gasteiger partial charge is 0.310 e. The third kappa shape index (κ3) is 5.74. The third-order valence-corrected chi connectivity index (χ3v) is 17.5. The van der Waals surface area contributed by atoms with E-state index in [1.54, 1.807) is 0 Å². The Hall–Kier alpha value is -8.34. The Morgan fingerprint density at radius 3 is 1.53 bits per heavy atom. The van der Waals surface area contributed by atoms with Crippen molar-refractivity contribution >= 4 is 126 Å². The molecule has 0 aliphatic carbocycles. The predicted octanol–water partition coefficient (Wildman–Crippen LogP) is 17.2. The summed E-state index contributed by atoms with van der Waals surface area (Å²) in [5, 5.41) is 13.8. The van der Waals surface area contributed by atoms with Gasteiger partial charge in [0.15, 0.2) is 0 Å². The van der Waals surface area contributed by atoms with Crippen LogP contribution in [0.4, 0.5) is 0 Å². The lowest BCUT2D eigenvalue weighted by molar-refractivity contribution is 0.590. The lowest BCUT2D eigenvalue weighted by Gasteiger charge is -2.35. The van der Waals surface area contributed by atoms with Crippen LogP contribution in [-0.2, 0) is 16.2 Å². The Morgan fingerprint density at radius 1 is 0.368 bits per heavy atom. The molecule has 0 amide bonds. The Morgan fingerprint density at radius 2 is 0.882 bits per heavy atom. The molecular formula is C72H58BN3. The minimum Gasteiger partial charge on any atom is -0.310 e. The monoisotopic (exact) mass is 981 g/mol. The van der Waals surface area contributed by atoms with E-state index in [1.807, 2.05) is 0 Å². The van der Waals surface area contributed by atoms with Crippen molar-refractivity contribution < 1.29 is 6.85 Å². The lowest BCUT2D eigenvalue weighted by atomic mass is 9.34. The summed E-state index contributed by atoms with van der Waals surface area (Å²) in [7, 11) is 0. The zero-order chi connectivity index (χ0) is 55.8. The fourth-order valence-corrected chi connectivity index (χ4v) is 13.8. The van der Waals surface area contributed by atoms with Crippen molar-refractivity contribution in [2.45, 2.75) is 78.6 Å².